The molecule has 0 aliphatic heterocycles. The second-order valence-electron chi connectivity index (χ2n) is 5.28. The van der Waals surface area contributed by atoms with Gasteiger partial charge in [0.15, 0.2) is 0 Å². The maximum atomic E-state index is 12.8. The molecule has 0 atom stereocenters. The van der Waals surface area contributed by atoms with Crippen molar-refractivity contribution in [1.82, 2.24) is 0 Å². The van der Waals surface area contributed by atoms with Gasteiger partial charge in [0, 0.05) is 0 Å². The van der Waals surface area contributed by atoms with E-state index in [-0.39, 0.29) is 5.82 Å². The molecule has 23 heavy (non-hydrogen) atoms. The highest BCUT2D eigenvalue weighted by atomic mass is 19.1. The lowest BCUT2D eigenvalue weighted by Crippen LogP contribution is -2.08. The first-order chi connectivity index (χ1) is 11.2. The Hall–Kier alpha value is -2.36. The van der Waals surface area contributed by atoms with E-state index in [0.29, 0.717) is 17.9 Å². The summed E-state index contributed by atoms with van der Waals surface area (Å²) < 4.78 is 23.6. The first kappa shape index (κ1) is 17.0. The zero-order valence-electron chi connectivity index (χ0n) is 13.3. The van der Waals surface area contributed by atoms with Crippen molar-refractivity contribution in [3.05, 3.63) is 59.9 Å². The van der Waals surface area contributed by atoms with Crippen molar-refractivity contribution < 1.29 is 18.7 Å². The quantitative estimate of drug-likeness (QED) is 0.390. The van der Waals surface area contributed by atoms with E-state index < -0.39 is 5.97 Å². The third-order valence-electron chi connectivity index (χ3n) is 3.38. The summed E-state index contributed by atoms with van der Waals surface area (Å²) in [7, 11) is 0. The Balaban J connectivity index is 1.83. The van der Waals surface area contributed by atoms with Crippen molar-refractivity contribution in [2.24, 2.45) is 0 Å². The molecule has 0 fully saturated rings. The van der Waals surface area contributed by atoms with Gasteiger partial charge in [-0.05, 0) is 55.0 Å². The van der Waals surface area contributed by atoms with Gasteiger partial charge in [0.05, 0.1) is 12.2 Å². The summed E-state index contributed by atoms with van der Waals surface area (Å²) in [5, 5.41) is 0. The van der Waals surface area contributed by atoms with Gasteiger partial charge in [0.2, 0.25) is 0 Å². The fourth-order valence-electron chi connectivity index (χ4n) is 2.07. The van der Waals surface area contributed by atoms with Crippen LogP contribution >= 0.6 is 0 Å². The normalized spacial score (nSPS) is 10.3. The van der Waals surface area contributed by atoms with Crippen molar-refractivity contribution in [2.45, 2.75) is 32.6 Å². The molecule has 0 saturated carbocycles. The average Bonchev–Trinajstić information content (AvgIpc) is 2.57. The van der Waals surface area contributed by atoms with Crippen LogP contribution in [-0.2, 0) is 0 Å². The largest absolute Gasteiger partial charge is 0.494 e. The molecule has 0 aromatic heterocycles. The predicted molar refractivity (Wildman–Crippen MR) is 87.4 cm³/mol. The van der Waals surface area contributed by atoms with E-state index in [2.05, 4.69) is 6.92 Å². The lowest BCUT2D eigenvalue weighted by Gasteiger charge is -2.07. The summed E-state index contributed by atoms with van der Waals surface area (Å²) in [6, 6.07) is 12.2. The van der Waals surface area contributed by atoms with Gasteiger partial charge < -0.3 is 9.47 Å². The third-order valence-corrected chi connectivity index (χ3v) is 3.38. The number of carbonyl (C=O) groups is 1. The van der Waals surface area contributed by atoms with Crippen molar-refractivity contribution in [2.75, 3.05) is 6.61 Å². The van der Waals surface area contributed by atoms with Gasteiger partial charge in [-0.25, -0.2) is 9.18 Å². The standard InChI is InChI=1S/C19H21FO3/c1-2-3-4-5-14-22-17-10-6-15(7-11-17)19(21)23-18-12-8-16(20)9-13-18/h6-13H,2-5,14H2,1H3. The Labute approximate surface area is 136 Å². The van der Waals surface area contributed by atoms with E-state index in [1.165, 1.54) is 43.5 Å². The fraction of sp³-hybridized carbons (Fsp3) is 0.316. The van der Waals surface area contributed by atoms with E-state index in [1.54, 1.807) is 24.3 Å². The van der Waals surface area contributed by atoms with Gasteiger partial charge in [0.25, 0.3) is 0 Å². The third kappa shape index (κ3) is 5.74. The number of rotatable bonds is 8. The summed E-state index contributed by atoms with van der Waals surface area (Å²) in [5.74, 6) is 0.198. The maximum Gasteiger partial charge on any atom is 0.343 e. The topological polar surface area (TPSA) is 35.5 Å². The maximum absolute atomic E-state index is 12.8. The van der Waals surface area contributed by atoms with Crippen molar-refractivity contribution in [1.29, 1.82) is 0 Å². The first-order valence-electron chi connectivity index (χ1n) is 7.89. The van der Waals surface area contributed by atoms with Crippen LogP contribution in [-0.4, -0.2) is 12.6 Å². The van der Waals surface area contributed by atoms with Gasteiger partial charge in [0.1, 0.15) is 17.3 Å². The molecule has 0 amide bonds. The molecule has 0 aliphatic rings. The molecule has 4 heteroatoms. The van der Waals surface area contributed by atoms with Gasteiger partial charge in [-0.15, -0.1) is 0 Å². The van der Waals surface area contributed by atoms with Crippen LogP contribution in [0, 0.1) is 5.82 Å². The van der Waals surface area contributed by atoms with Crippen LogP contribution in [0.25, 0.3) is 0 Å². The first-order valence-corrected chi connectivity index (χ1v) is 7.89. The second-order valence-corrected chi connectivity index (χ2v) is 5.28. The Morgan fingerprint density at radius 3 is 2.22 bits per heavy atom. The molecule has 0 aliphatic carbocycles. The molecule has 0 bridgehead atoms. The molecule has 122 valence electrons. The zero-order chi connectivity index (χ0) is 16.5. The lowest BCUT2D eigenvalue weighted by molar-refractivity contribution is 0.0734. The fourth-order valence-corrected chi connectivity index (χ4v) is 2.07. The zero-order valence-corrected chi connectivity index (χ0v) is 13.3. The Bertz CT molecular complexity index is 606. The summed E-state index contributed by atoms with van der Waals surface area (Å²) in [5.41, 5.74) is 0.424. The number of esters is 1. The Morgan fingerprint density at radius 2 is 1.57 bits per heavy atom. The highest BCUT2D eigenvalue weighted by molar-refractivity contribution is 5.91. The van der Waals surface area contributed by atoms with E-state index in [0.717, 1.165) is 12.2 Å². The molecule has 2 rings (SSSR count). The minimum atomic E-state index is -0.480. The molecule has 0 heterocycles. The SMILES string of the molecule is CCCCCCOc1ccc(C(=O)Oc2ccc(F)cc2)cc1. The number of ether oxygens (including phenoxy) is 2. The van der Waals surface area contributed by atoms with Gasteiger partial charge in [-0.3, -0.25) is 0 Å². The molecular weight excluding hydrogens is 295 g/mol. The van der Waals surface area contributed by atoms with Gasteiger partial charge >= 0.3 is 5.97 Å². The Morgan fingerprint density at radius 1 is 0.913 bits per heavy atom. The molecule has 2 aromatic rings. The highest BCUT2D eigenvalue weighted by Crippen LogP contribution is 2.16. The van der Waals surface area contributed by atoms with Crippen LogP contribution in [0.1, 0.15) is 43.0 Å². The number of hydrogen-bond donors (Lipinski definition) is 0. The highest BCUT2D eigenvalue weighted by Gasteiger charge is 2.08. The van der Waals surface area contributed by atoms with Crippen molar-refractivity contribution in [3.8, 4) is 11.5 Å². The van der Waals surface area contributed by atoms with Gasteiger partial charge in [-0.1, -0.05) is 26.2 Å². The second kappa shape index (κ2) is 8.93. The molecule has 0 unspecified atom stereocenters. The monoisotopic (exact) mass is 316 g/mol. The summed E-state index contributed by atoms with van der Waals surface area (Å²) in [6.07, 6.45) is 4.61. The molecule has 0 spiro atoms. The number of unbranched alkanes of at least 4 members (excludes halogenated alkanes) is 3. The molecule has 0 radical (unpaired) electrons. The number of hydrogen-bond acceptors (Lipinski definition) is 3. The molecular formula is C19H21FO3. The van der Waals surface area contributed by atoms with Crippen LogP contribution in [0.3, 0.4) is 0 Å². The van der Waals surface area contributed by atoms with E-state index >= 15 is 0 Å². The minimum absolute atomic E-state index is 0.313. The van der Waals surface area contributed by atoms with Crippen molar-refractivity contribution >= 4 is 5.97 Å². The van der Waals surface area contributed by atoms with Crippen LogP contribution in [0.4, 0.5) is 4.39 Å². The van der Waals surface area contributed by atoms with E-state index in [4.69, 9.17) is 9.47 Å². The molecule has 2 aromatic carbocycles. The number of benzene rings is 2. The predicted octanol–water partition coefficient (Wildman–Crippen LogP) is 5.00. The smallest absolute Gasteiger partial charge is 0.343 e. The summed E-state index contributed by atoms with van der Waals surface area (Å²) in [4.78, 5) is 12.0. The lowest BCUT2D eigenvalue weighted by atomic mass is 10.2. The van der Waals surface area contributed by atoms with Crippen LogP contribution in [0.15, 0.2) is 48.5 Å². The molecule has 0 saturated heterocycles. The Kier molecular flexibility index (Phi) is 6.60. The van der Waals surface area contributed by atoms with E-state index in [9.17, 15) is 9.18 Å². The summed E-state index contributed by atoms with van der Waals surface area (Å²) in [6.45, 7) is 2.85. The summed E-state index contributed by atoms with van der Waals surface area (Å²) >= 11 is 0. The molecule has 0 N–H and O–H groups in total. The molecule has 3 nitrogen and oxygen atoms in total. The minimum Gasteiger partial charge on any atom is -0.494 e. The van der Waals surface area contributed by atoms with Crippen molar-refractivity contribution in [3.63, 3.8) is 0 Å². The van der Waals surface area contributed by atoms with Crippen LogP contribution in [0.2, 0.25) is 0 Å². The van der Waals surface area contributed by atoms with E-state index in [1.807, 2.05) is 0 Å². The average molecular weight is 316 g/mol. The number of carbonyl (C=O) groups excluding carboxylic acids is 1. The number of halogens is 1. The van der Waals surface area contributed by atoms with Crippen LogP contribution < -0.4 is 9.47 Å². The van der Waals surface area contributed by atoms with Gasteiger partial charge in [-0.2, -0.15) is 0 Å². The van der Waals surface area contributed by atoms with Crippen LogP contribution in [0.5, 0.6) is 11.5 Å².